The van der Waals surface area contributed by atoms with E-state index in [1.165, 1.54) is 0 Å². The van der Waals surface area contributed by atoms with E-state index in [-0.39, 0.29) is 0 Å². The number of nitrogens with zero attached hydrogens (tertiary/aromatic N) is 1. The van der Waals surface area contributed by atoms with Gasteiger partial charge in [-0.3, -0.25) is 5.10 Å². The molecule has 0 amide bonds. The summed E-state index contributed by atoms with van der Waals surface area (Å²) < 4.78 is 11.5. The van der Waals surface area contributed by atoms with Crippen molar-refractivity contribution in [2.75, 3.05) is 0 Å². The van der Waals surface area contributed by atoms with Crippen LogP contribution >= 0.6 is 0 Å². The van der Waals surface area contributed by atoms with Crippen molar-refractivity contribution in [2.24, 2.45) is 5.14 Å². The van der Waals surface area contributed by atoms with Gasteiger partial charge in [-0.2, -0.15) is 5.10 Å². The van der Waals surface area contributed by atoms with Gasteiger partial charge in [0.05, 0.1) is 4.90 Å². The maximum absolute atomic E-state index is 11.5. The molecule has 3 N–H and O–H groups in total. The fourth-order valence-electron chi connectivity index (χ4n) is 3.22. The van der Waals surface area contributed by atoms with Gasteiger partial charge in [-0.25, -0.2) is 9.35 Å². The Kier molecular flexibility index (Phi) is 4.71. The van der Waals surface area contributed by atoms with Crippen LogP contribution in [0.2, 0.25) is 0 Å². The first-order valence-electron chi connectivity index (χ1n) is 8.61. The Balaban J connectivity index is 1.73. The number of benzene rings is 3. The normalized spacial score (nSPS) is 12.1. The van der Waals surface area contributed by atoms with Gasteiger partial charge < -0.3 is 0 Å². The zero-order valence-electron chi connectivity index (χ0n) is 14.8. The minimum Gasteiger partial charge on any atom is -0.282 e. The van der Waals surface area contributed by atoms with Crippen molar-refractivity contribution in [1.82, 2.24) is 10.2 Å². The first kappa shape index (κ1) is 17.4. The highest BCUT2D eigenvalue weighted by Crippen LogP contribution is 2.34. The summed E-state index contributed by atoms with van der Waals surface area (Å²) in [4.78, 5) is 0.619. The van der Waals surface area contributed by atoms with Crippen LogP contribution in [-0.2, 0) is 11.0 Å². The molecule has 1 aromatic heterocycles. The van der Waals surface area contributed by atoms with E-state index < -0.39 is 11.0 Å². The molecule has 27 heavy (non-hydrogen) atoms. The summed E-state index contributed by atoms with van der Waals surface area (Å²) in [6, 6.07) is 26.0. The molecule has 0 fully saturated rings. The number of aromatic amines is 1. The molecule has 0 bridgehead atoms. The van der Waals surface area contributed by atoms with Crippen LogP contribution in [0.25, 0.3) is 33.5 Å². The Morgan fingerprint density at radius 1 is 0.815 bits per heavy atom. The standard InChI is InChI=1S/C22H19N3OS/c1-15-21(22(25-24-15)18-6-3-2-4-7-18)17-12-10-16(11-13-17)19-8-5-9-20(14-19)27(23)26/h2-14H,23H2,1H3,(H,24,25). The number of H-pyrrole nitrogens is 1. The van der Waals surface area contributed by atoms with Crippen molar-refractivity contribution in [3.8, 4) is 33.5 Å². The first-order chi connectivity index (χ1) is 13.1. The molecule has 0 saturated carbocycles. The molecule has 4 rings (SSSR count). The van der Waals surface area contributed by atoms with Gasteiger partial charge in [0, 0.05) is 16.8 Å². The lowest BCUT2D eigenvalue weighted by atomic mass is 9.97. The van der Waals surface area contributed by atoms with Crippen LogP contribution in [0, 0.1) is 6.92 Å². The van der Waals surface area contributed by atoms with Crippen LogP contribution in [0.5, 0.6) is 0 Å². The molecule has 0 aliphatic heterocycles. The van der Waals surface area contributed by atoms with E-state index in [0.717, 1.165) is 39.2 Å². The molecule has 5 heteroatoms. The van der Waals surface area contributed by atoms with Crippen LogP contribution in [0.4, 0.5) is 0 Å². The summed E-state index contributed by atoms with van der Waals surface area (Å²) in [5, 5.41) is 13.1. The van der Waals surface area contributed by atoms with Crippen LogP contribution < -0.4 is 5.14 Å². The minimum absolute atomic E-state index is 0.619. The second-order valence-corrected chi connectivity index (χ2v) is 7.41. The van der Waals surface area contributed by atoms with E-state index in [1.54, 1.807) is 6.07 Å². The fourth-order valence-corrected chi connectivity index (χ4v) is 3.67. The van der Waals surface area contributed by atoms with Gasteiger partial charge in [0.15, 0.2) is 0 Å². The van der Waals surface area contributed by atoms with Crippen molar-refractivity contribution in [3.05, 3.63) is 84.6 Å². The average Bonchev–Trinajstić information content (AvgIpc) is 3.10. The van der Waals surface area contributed by atoms with Gasteiger partial charge in [0.1, 0.15) is 16.7 Å². The molecule has 1 heterocycles. The topological polar surface area (TPSA) is 71.8 Å². The van der Waals surface area contributed by atoms with Gasteiger partial charge in [-0.05, 0) is 35.7 Å². The predicted molar refractivity (Wildman–Crippen MR) is 110 cm³/mol. The smallest absolute Gasteiger partial charge is 0.122 e. The predicted octanol–water partition coefficient (Wildman–Crippen LogP) is 4.70. The van der Waals surface area contributed by atoms with E-state index in [1.807, 2.05) is 43.3 Å². The lowest BCUT2D eigenvalue weighted by Crippen LogP contribution is -2.02. The average molecular weight is 373 g/mol. The van der Waals surface area contributed by atoms with Crippen molar-refractivity contribution in [1.29, 1.82) is 0 Å². The van der Waals surface area contributed by atoms with Crippen molar-refractivity contribution < 1.29 is 4.21 Å². The summed E-state index contributed by atoms with van der Waals surface area (Å²) in [5.74, 6) is 0. The summed E-state index contributed by atoms with van der Waals surface area (Å²) >= 11 is 0. The Morgan fingerprint density at radius 3 is 2.19 bits per heavy atom. The first-order valence-corrected chi connectivity index (χ1v) is 9.82. The van der Waals surface area contributed by atoms with E-state index in [2.05, 4.69) is 46.6 Å². The summed E-state index contributed by atoms with van der Waals surface area (Å²) in [6.07, 6.45) is 0. The molecule has 4 nitrogen and oxygen atoms in total. The van der Waals surface area contributed by atoms with Crippen molar-refractivity contribution >= 4 is 11.0 Å². The fraction of sp³-hybridized carbons (Fsp3) is 0.0455. The Labute approximate surface area is 160 Å². The third-order valence-electron chi connectivity index (χ3n) is 4.57. The molecule has 1 unspecified atom stereocenters. The number of hydrogen-bond acceptors (Lipinski definition) is 2. The van der Waals surface area contributed by atoms with Crippen molar-refractivity contribution in [3.63, 3.8) is 0 Å². The second-order valence-electron chi connectivity index (χ2n) is 6.34. The van der Waals surface area contributed by atoms with Gasteiger partial charge in [0.25, 0.3) is 0 Å². The molecular formula is C22H19N3OS. The number of nitrogens with one attached hydrogen (secondary N) is 1. The molecule has 0 saturated heterocycles. The number of hydrogen-bond donors (Lipinski definition) is 2. The SMILES string of the molecule is Cc1[nH]nc(-c2ccccc2)c1-c1ccc(-c2cccc(S(N)=O)c2)cc1. The van der Waals surface area contributed by atoms with Crippen LogP contribution in [0.3, 0.4) is 0 Å². The van der Waals surface area contributed by atoms with Gasteiger partial charge in [-0.1, -0.05) is 66.7 Å². The highest BCUT2D eigenvalue weighted by Gasteiger charge is 2.14. The highest BCUT2D eigenvalue weighted by atomic mass is 32.2. The van der Waals surface area contributed by atoms with E-state index in [9.17, 15) is 4.21 Å². The van der Waals surface area contributed by atoms with E-state index >= 15 is 0 Å². The minimum atomic E-state index is -1.48. The molecule has 1 atom stereocenters. The van der Waals surface area contributed by atoms with Gasteiger partial charge >= 0.3 is 0 Å². The lowest BCUT2D eigenvalue weighted by molar-refractivity contribution is 0.684. The Bertz CT molecular complexity index is 1100. The molecule has 0 aliphatic carbocycles. The monoisotopic (exact) mass is 373 g/mol. The Morgan fingerprint density at radius 2 is 1.48 bits per heavy atom. The van der Waals surface area contributed by atoms with E-state index in [0.29, 0.717) is 4.90 Å². The molecule has 134 valence electrons. The maximum atomic E-state index is 11.5. The van der Waals surface area contributed by atoms with Gasteiger partial charge in [0.2, 0.25) is 0 Å². The molecule has 0 spiro atoms. The molecule has 0 radical (unpaired) electrons. The lowest BCUT2D eigenvalue weighted by Gasteiger charge is -2.08. The van der Waals surface area contributed by atoms with Crippen molar-refractivity contribution in [2.45, 2.75) is 11.8 Å². The van der Waals surface area contributed by atoms with Crippen LogP contribution in [0.1, 0.15) is 5.69 Å². The third kappa shape index (κ3) is 3.47. The number of rotatable bonds is 4. The van der Waals surface area contributed by atoms with Crippen LogP contribution in [-0.4, -0.2) is 14.4 Å². The summed E-state index contributed by atoms with van der Waals surface area (Å²) in [7, 11) is -1.48. The Hall–Kier alpha value is -3.02. The second kappa shape index (κ2) is 7.31. The molecule has 0 aliphatic rings. The van der Waals surface area contributed by atoms with Gasteiger partial charge in [-0.15, -0.1) is 0 Å². The molecule has 4 aromatic rings. The zero-order valence-corrected chi connectivity index (χ0v) is 15.7. The van der Waals surface area contributed by atoms with E-state index in [4.69, 9.17) is 5.14 Å². The number of nitrogens with two attached hydrogens (primary N) is 1. The van der Waals surface area contributed by atoms with Crippen LogP contribution in [0.15, 0.2) is 83.8 Å². The quantitative estimate of drug-likeness (QED) is 0.544. The third-order valence-corrected chi connectivity index (χ3v) is 5.29. The molecule has 3 aromatic carbocycles. The largest absolute Gasteiger partial charge is 0.282 e. The molecular weight excluding hydrogens is 354 g/mol. The summed E-state index contributed by atoms with van der Waals surface area (Å²) in [6.45, 7) is 2.03. The number of aryl methyl sites for hydroxylation is 1. The zero-order chi connectivity index (χ0) is 18.8. The number of aromatic nitrogens is 2. The summed E-state index contributed by atoms with van der Waals surface area (Å²) in [5.41, 5.74) is 7.30. The maximum Gasteiger partial charge on any atom is 0.122 e. The highest BCUT2D eigenvalue weighted by molar-refractivity contribution is 7.82.